The maximum absolute atomic E-state index is 12.8. The Labute approximate surface area is 175 Å². The second-order valence-corrected chi connectivity index (χ2v) is 7.30. The van der Waals surface area contributed by atoms with Crippen molar-refractivity contribution >= 4 is 23.2 Å². The first-order valence-electron chi connectivity index (χ1n) is 9.92. The van der Waals surface area contributed by atoms with Crippen LogP contribution in [0.4, 0.5) is 11.4 Å². The number of benzene rings is 2. The van der Waals surface area contributed by atoms with Gasteiger partial charge in [-0.25, -0.2) is 5.48 Å². The molecule has 1 heterocycles. The molecule has 160 valence electrons. The molecule has 0 saturated carbocycles. The summed E-state index contributed by atoms with van der Waals surface area (Å²) >= 11 is 0. The lowest BCUT2D eigenvalue weighted by Crippen LogP contribution is -2.48. The van der Waals surface area contributed by atoms with Crippen LogP contribution in [0.15, 0.2) is 48.5 Å². The fraction of sp³-hybridized carbons (Fsp3) is 0.364. The standard InChI is InChI=1S/C22H27N3O5/c1-30-17-10-6-15(7-11-17)14-25-19-5-3-2-4-18(19)23-22(28)20(25)12-8-16(26)9-13-21(27)24-29/h2-7,10-11,16,20,26,29H,8-9,12-14H2,1H3,(H,23,28)(H,24,27)/t16?,20-/m1/s1. The van der Waals surface area contributed by atoms with E-state index < -0.39 is 18.1 Å². The molecule has 1 aliphatic heterocycles. The van der Waals surface area contributed by atoms with Crippen molar-refractivity contribution < 1.29 is 24.6 Å². The molecule has 1 unspecified atom stereocenters. The van der Waals surface area contributed by atoms with Crippen LogP contribution in [0.3, 0.4) is 0 Å². The molecule has 0 fully saturated rings. The second kappa shape index (κ2) is 10.1. The van der Waals surface area contributed by atoms with Gasteiger partial charge in [-0.1, -0.05) is 24.3 Å². The Morgan fingerprint density at radius 2 is 1.93 bits per heavy atom. The molecule has 3 rings (SSSR count). The van der Waals surface area contributed by atoms with Crippen molar-refractivity contribution in [3.05, 3.63) is 54.1 Å². The van der Waals surface area contributed by atoms with Gasteiger partial charge in [-0.3, -0.25) is 14.8 Å². The number of hydrogen-bond acceptors (Lipinski definition) is 6. The number of fused-ring (bicyclic) bond motifs is 1. The Bertz CT molecular complexity index is 871. The Morgan fingerprint density at radius 3 is 2.63 bits per heavy atom. The largest absolute Gasteiger partial charge is 0.497 e. The number of carbonyl (C=O) groups excluding carboxylic acids is 2. The molecule has 2 atom stereocenters. The number of ether oxygens (including phenoxy) is 1. The van der Waals surface area contributed by atoms with Crippen molar-refractivity contribution in [2.75, 3.05) is 17.3 Å². The summed E-state index contributed by atoms with van der Waals surface area (Å²) in [5.74, 6) is 0.101. The molecule has 1 aliphatic rings. The minimum atomic E-state index is -0.741. The van der Waals surface area contributed by atoms with Gasteiger partial charge < -0.3 is 20.1 Å². The Balaban J connectivity index is 1.75. The molecular formula is C22H27N3O5. The number of aliphatic hydroxyl groups is 1. The highest BCUT2D eigenvalue weighted by atomic mass is 16.5. The van der Waals surface area contributed by atoms with Gasteiger partial charge in [0.1, 0.15) is 11.8 Å². The number of nitrogens with zero attached hydrogens (tertiary/aromatic N) is 1. The summed E-state index contributed by atoms with van der Waals surface area (Å²) in [4.78, 5) is 26.0. The van der Waals surface area contributed by atoms with Gasteiger partial charge in [-0.05, 0) is 49.1 Å². The van der Waals surface area contributed by atoms with Crippen LogP contribution in [0.2, 0.25) is 0 Å². The zero-order valence-corrected chi connectivity index (χ0v) is 16.9. The summed E-state index contributed by atoms with van der Waals surface area (Å²) in [7, 11) is 1.62. The van der Waals surface area contributed by atoms with Crippen molar-refractivity contribution in [1.29, 1.82) is 0 Å². The maximum Gasteiger partial charge on any atom is 0.247 e. The number of anilines is 2. The van der Waals surface area contributed by atoms with Gasteiger partial charge in [-0.15, -0.1) is 0 Å². The summed E-state index contributed by atoms with van der Waals surface area (Å²) in [6, 6.07) is 14.9. The highest BCUT2D eigenvalue weighted by molar-refractivity contribution is 6.03. The summed E-state index contributed by atoms with van der Waals surface area (Å²) in [5.41, 5.74) is 4.27. The Morgan fingerprint density at radius 1 is 1.20 bits per heavy atom. The third-order valence-electron chi connectivity index (χ3n) is 5.26. The number of hydroxylamine groups is 1. The van der Waals surface area contributed by atoms with Crippen LogP contribution in [0.25, 0.3) is 0 Å². The third-order valence-corrected chi connectivity index (χ3v) is 5.26. The minimum Gasteiger partial charge on any atom is -0.497 e. The normalized spacial score (nSPS) is 16.4. The number of carbonyl (C=O) groups is 2. The molecule has 2 amide bonds. The number of rotatable bonds is 9. The number of hydrogen-bond donors (Lipinski definition) is 4. The lowest BCUT2D eigenvalue weighted by Gasteiger charge is -2.38. The van der Waals surface area contributed by atoms with Crippen LogP contribution in [0.1, 0.15) is 31.2 Å². The van der Waals surface area contributed by atoms with Crippen molar-refractivity contribution in [2.24, 2.45) is 0 Å². The average molecular weight is 413 g/mol. The van der Waals surface area contributed by atoms with E-state index in [0.717, 1.165) is 22.7 Å². The fourth-order valence-corrected chi connectivity index (χ4v) is 3.61. The average Bonchev–Trinajstić information content (AvgIpc) is 2.77. The van der Waals surface area contributed by atoms with Crippen LogP contribution in [-0.2, 0) is 16.1 Å². The molecule has 0 saturated heterocycles. The van der Waals surface area contributed by atoms with Crippen LogP contribution in [0, 0.1) is 0 Å². The molecular weight excluding hydrogens is 386 g/mol. The molecule has 0 aromatic heterocycles. The number of methoxy groups -OCH3 is 1. The van der Waals surface area contributed by atoms with Gasteiger partial charge in [-0.2, -0.15) is 0 Å². The zero-order valence-electron chi connectivity index (χ0n) is 16.9. The highest BCUT2D eigenvalue weighted by Gasteiger charge is 2.33. The van der Waals surface area contributed by atoms with E-state index in [1.54, 1.807) is 12.6 Å². The molecule has 8 nitrogen and oxygen atoms in total. The molecule has 4 N–H and O–H groups in total. The smallest absolute Gasteiger partial charge is 0.247 e. The van der Waals surface area contributed by atoms with Crippen LogP contribution >= 0.6 is 0 Å². The van der Waals surface area contributed by atoms with Crippen molar-refractivity contribution in [3.8, 4) is 5.75 Å². The Hall–Kier alpha value is -3.10. The first-order valence-corrected chi connectivity index (χ1v) is 9.92. The minimum absolute atomic E-state index is 0.0208. The lowest BCUT2D eigenvalue weighted by molar-refractivity contribution is -0.129. The van der Waals surface area contributed by atoms with E-state index in [-0.39, 0.29) is 18.7 Å². The molecule has 30 heavy (non-hydrogen) atoms. The number of para-hydroxylation sites is 2. The molecule has 2 aromatic carbocycles. The lowest BCUT2D eigenvalue weighted by atomic mass is 9.99. The van der Waals surface area contributed by atoms with E-state index in [1.165, 1.54) is 0 Å². The first kappa shape index (κ1) is 21.6. The van der Waals surface area contributed by atoms with E-state index in [9.17, 15) is 14.7 Å². The highest BCUT2D eigenvalue weighted by Crippen LogP contribution is 2.34. The molecule has 0 radical (unpaired) electrons. The van der Waals surface area contributed by atoms with E-state index >= 15 is 0 Å². The second-order valence-electron chi connectivity index (χ2n) is 7.30. The first-order chi connectivity index (χ1) is 14.5. The molecule has 8 heteroatoms. The number of aliphatic hydroxyl groups excluding tert-OH is 1. The van der Waals surface area contributed by atoms with E-state index in [4.69, 9.17) is 9.94 Å². The van der Waals surface area contributed by atoms with Gasteiger partial charge in [0, 0.05) is 13.0 Å². The van der Waals surface area contributed by atoms with Crippen LogP contribution in [0.5, 0.6) is 5.75 Å². The predicted octanol–water partition coefficient (Wildman–Crippen LogP) is 2.45. The Kier molecular flexibility index (Phi) is 7.26. The number of nitrogens with one attached hydrogen (secondary N) is 2. The van der Waals surface area contributed by atoms with Crippen molar-refractivity contribution in [3.63, 3.8) is 0 Å². The van der Waals surface area contributed by atoms with E-state index in [0.29, 0.717) is 19.4 Å². The van der Waals surface area contributed by atoms with Crippen molar-refractivity contribution in [1.82, 2.24) is 5.48 Å². The van der Waals surface area contributed by atoms with Gasteiger partial charge in [0.05, 0.1) is 24.6 Å². The summed E-state index contributed by atoms with van der Waals surface area (Å²) < 4.78 is 5.22. The van der Waals surface area contributed by atoms with Crippen LogP contribution in [-0.4, -0.2) is 41.4 Å². The van der Waals surface area contributed by atoms with Gasteiger partial charge >= 0.3 is 0 Å². The molecule has 2 aromatic rings. The van der Waals surface area contributed by atoms with Gasteiger partial charge in [0.2, 0.25) is 11.8 Å². The monoisotopic (exact) mass is 413 g/mol. The number of amides is 2. The van der Waals surface area contributed by atoms with E-state index in [1.807, 2.05) is 53.4 Å². The molecule has 0 spiro atoms. The fourth-order valence-electron chi connectivity index (χ4n) is 3.61. The van der Waals surface area contributed by atoms with Crippen molar-refractivity contribution in [2.45, 2.75) is 44.4 Å². The van der Waals surface area contributed by atoms with Crippen LogP contribution < -0.4 is 20.4 Å². The summed E-state index contributed by atoms with van der Waals surface area (Å²) in [6.45, 7) is 0.530. The summed E-state index contributed by atoms with van der Waals surface area (Å²) in [5, 5.41) is 21.7. The quantitative estimate of drug-likeness (QED) is 0.371. The zero-order chi connectivity index (χ0) is 21.5. The SMILES string of the molecule is COc1ccc(CN2c3ccccc3NC(=O)[C@H]2CCC(O)CCC(=O)NO)cc1. The topological polar surface area (TPSA) is 111 Å². The maximum atomic E-state index is 12.8. The van der Waals surface area contributed by atoms with Gasteiger partial charge in [0.25, 0.3) is 0 Å². The third kappa shape index (κ3) is 5.28. The van der Waals surface area contributed by atoms with E-state index in [2.05, 4.69) is 5.32 Å². The van der Waals surface area contributed by atoms with Gasteiger partial charge in [0.15, 0.2) is 0 Å². The predicted molar refractivity (Wildman–Crippen MR) is 112 cm³/mol. The molecule has 0 aliphatic carbocycles. The molecule has 0 bridgehead atoms. The summed E-state index contributed by atoms with van der Waals surface area (Å²) in [6.07, 6.45) is 0.286.